The molecule has 0 saturated carbocycles. The van der Waals surface area contributed by atoms with Crippen LogP contribution in [0, 0.1) is 18.8 Å². The Morgan fingerprint density at radius 1 is 1.04 bits per heavy atom. The quantitative estimate of drug-likeness (QED) is 0.824. The highest BCUT2D eigenvalue weighted by atomic mass is 16.5. The number of nitrogens with zero attached hydrogens (tertiary/aromatic N) is 2. The number of benzene rings is 1. The van der Waals surface area contributed by atoms with Gasteiger partial charge in [-0.3, -0.25) is 14.5 Å². The molecule has 2 bridgehead atoms. The van der Waals surface area contributed by atoms with Gasteiger partial charge in [0, 0.05) is 32.7 Å². The summed E-state index contributed by atoms with van der Waals surface area (Å²) in [7, 11) is 0. The van der Waals surface area contributed by atoms with Gasteiger partial charge >= 0.3 is 5.97 Å². The first kappa shape index (κ1) is 17.2. The molecule has 1 N–H and O–H groups in total. The van der Waals surface area contributed by atoms with E-state index in [2.05, 4.69) is 36.1 Å². The number of carboxylic acid groups (broad SMARTS) is 1. The van der Waals surface area contributed by atoms with Crippen molar-refractivity contribution in [1.29, 1.82) is 0 Å². The van der Waals surface area contributed by atoms with Crippen molar-refractivity contribution in [3.05, 3.63) is 47.5 Å². The van der Waals surface area contributed by atoms with E-state index < -0.39 is 23.9 Å². The van der Waals surface area contributed by atoms with E-state index in [-0.39, 0.29) is 12.0 Å². The number of amides is 1. The summed E-state index contributed by atoms with van der Waals surface area (Å²) >= 11 is 0. The van der Waals surface area contributed by atoms with Gasteiger partial charge in [0.15, 0.2) is 0 Å². The molecule has 4 rings (SSSR count). The van der Waals surface area contributed by atoms with Crippen molar-refractivity contribution in [2.24, 2.45) is 11.8 Å². The lowest BCUT2D eigenvalue weighted by atomic mass is 9.82. The number of piperazine rings is 1. The number of carboxylic acids is 1. The highest BCUT2D eigenvalue weighted by molar-refractivity contribution is 5.87. The molecule has 0 spiro atoms. The van der Waals surface area contributed by atoms with Crippen molar-refractivity contribution >= 4 is 11.9 Å². The summed E-state index contributed by atoms with van der Waals surface area (Å²) in [6, 6.07) is 8.51. The molecular formula is C20H24N2O4. The fraction of sp³-hybridized carbons (Fsp3) is 0.500. The molecule has 1 aromatic carbocycles. The molecule has 2 saturated heterocycles. The summed E-state index contributed by atoms with van der Waals surface area (Å²) in [6.07, 6.45) is 2.75. The molecule has 4 atom stereocenters. The summed E-state index contributed by atoms with van der Waals surface area (Å²) in [5.41, 5.74) is 2.52. The van der Waals surface area contributed by atoms with Crippen molar-refractivity contribution in [2.45, 2.75) is 25.7 Å². The second-order valence-electron chi connectivity index (χ2n) is 7.43. The van der Waals surface area contributed by atoms with Crippen LogP contribution in [0.25, 0.3) is 0 Å². The van der Waals surface area contributed by atoms with E-state index in [0.29, 0.717) is 13.1 Å². The molecule has 0 aliphatic carbocycles. The van der Waals surface area contributed by atoms with E-state index in [1.54, 1.807) is 6.08 Å². The zero-order chi connectivity index (χ0) is 18.3. The number of fused-ring (bicyclic) bond motifs is 2. The number of carbonyl (C=O) groups is 2. The first-order valence-electron chi connectivity index (χ1n) is 9.16. The van der Waals surface area contributed by atoms with E-state index in [1.807, 2.05) is 11.0 Å². The zero-order valence-electron chi connectivity index (χ0n) is 14.9. The van der Waals surface area contributed by atoms with Gasteiger partial charge in [0.1, 0.15) is 5.92 Å². The predicted molar refractivity (Wildman–Crippen MR) is 95.5 cm³/mol. The number of hydrogen-bond donors (Lipinski definition) is 1. The van der Waals surface area contributed by atoms with Gasteiger partial charge in [-0.2, -0.15) is 0 Å². The number of hydrogen-bond acceptors (Lipinski definition) is 4. The van der Waals surface area contributed by atoms with Gasteiger partial charge in [-0.1, -0.05) is 42.0 Å². The van der Waals surface area contributed by atoms with Crippen LogP contribution >= 0.6 is 0 Å². The Morgan fingerprint density at radius 2 is 1.65 bits per heavy atom. The molecule has 6 heteroatoms. The molecule has 0 unspecified atom stereocenters. The topological polar surface area (TPSA) is 70.1 Å². The third-order valence-corrected chi connectivity index (χ3v) is 5.68. The summed E-state index contributed by atoms with van der Waals surface area (Å²) in [5.74, 6) is -2.38. The smallest absolute Gasteiger partial charge is 0.310 e. The van der Waals surface area contributed by atoms with Crippen LogP contribution in [0.15, 0.2) is 36.4 Å². The van der Waals surface area contributed by atoms with E-state index in [0.717, 1.165) is 19.6 Å². The molecule has 0 radical (unpaired) electrons. The standard InChI is InChI=1S/C20H24N2O4/c1-13-2-4-14(5-3-13)12-21-8-10-22(11-9-21)19(23)17-15-6-7-16(26-15)18(17)20(24)25/h2-7,15-18H,8-12H2,1H3,(H,24,25)/t15-,16-,17+,18-/m0/s1. The van der Waals surface area contributed by atoms with Crippen molar-refractivity contribution in [1.82, 2.24) is 9.80 Å². The molecule has 138 valence electrons. The van der Waals surface area contributed by atoms with Crippen LogP contribution in [0.3, 0.4) is 0 Å². The number of rotatable bonds is 4. The molecule has 2 fully saturated rings. The Labute approximate surface area is 153 Å². The molecule has 3 heterocycles. The van der Waals surface area contributed by atoms with Gasteiger partial charge in [-0.15, -0.1) is 0 Å². The minimum atomic E-state index is -0.946. The average molecular weight is 356 g/mol. The fourth-order valence-electron chi connectivity index (χ4n) is 4.19. The third kappa shape index (κ3) is 3.15. The fourth-order valence-corrected chi connectivity index (χ4v) is 4.19. The first-order valence-corrected chi connectivity index (χ1v) is 9.16. The molecule has 1 amide bonds. The molecule has 26 heavy (non-hydrogen) atoms. The molecule has 3 aliphatic rings. The summed E-state index contributed by atoms with van der Waals surface area (Å²) < 4.78 is 5.63. The second-order valence-corrected chi connectivity index (χ2v) is 7.43. The van der Waals surface area contributed by atoms with Gasteiger partial charge < -0.3 is 14.7 Å². The third-order valence-electron chi connectivity index (χ3n) is 5.68. The Bertz CT molecular complexity index is 722. The second kappa shape index (κ2) is 6.85. The van der Waals surface area contributed by atoms with Crippen LogP contribution in [0.5, 0.6) is 0 Å². The van der Waals surface area contributed by atoms with Crippen molar-refractivity contribution in [3.8, 4) is 0 Å². The lowest BCUT2D eigenvalue weighted by Crippen LogP contribution is -2.52. The van der Waals surface area contributed by atoms with E-state index >= 15 is 0 Å². The number of ether oxygens (including phenoxy) is 1. The van der Waals surface area contributed by atoms with Crippen LogP contribution in [0.1, 0.15) is 11.1 Å². The van der Waals surface area contributed by atoms with Gasteiger partial charge in [-0.05, 0) is 12.5 Å². The first-order chi connectivity index (χ1) is 12.5. The van der Waals surface area contributed by atoms with Crippen molar-refractivity contribution < 1.29 is 19.4 Å². The van der Waals surface area contributed by atoms with Crippen LogP contribution in [-0.2, 0) is 20.9 Å². The Kier molecular flexibility index (Phi) is 4.54. The highest BCUT2D eigenvalue weighted by Gasteiger charge is 2.54. The van der Waals surface area contributed by atoms with Gasteiger partial charge in [-0.25, -0.2) is 0 Å². The monoisotopic (exact) mass is 356 g/mol. The Balaban J connectivity index is 1.36. The average Bonchev–Trinajstić information content (AvgIpc) is 3.25. The Morgan fingerprint density at radius 3 is 2.27 bits per heavy atom. The summed E-state index contributed by atoms with van der Waals surface area (Å²) in [6.45, 7) is 5.82. The maximum absolute atomic E-state index is 12.9. The van der Waals surface area contributed by atoms with Gasteiger partial charge in [0.25, 0.3) is 0 Å². The maximum atomic E-state index is 12.9. The number of aryl methyl sites for hydroxylation is 1. The molecule has 3 aliphatic heterocycles. The minimum Gasteiger partial charge on any atom is -0.481 e. The molecule has 6 nitrogen and oxygen atoms in total. The number of carbonyl (C=O) groups excluding carboxylic acids is 1. The zero-order valence-corrected chi connectivity index (χ0v) is 14.9. The van der Waals surface area contributed by atoms with E-state index in [1.165, 1.54) is 11.1 Å². The SMILES string of the molecule is Cc1ccc(CN2CCN(C(=O)[C@H]3[C@@H](C(=O)O)[C@@H]4C=C[C@@H]3O4)CC2)cc1. The van der Waals surface area contributed by atoms with Crippen molar-refractivity contribution in [3.63, 3.8) is 0 Å². The predicted octanol–water partition coefficient (Wildman–Crippen LogP) is 1.29. The van der Waals surface area contributed by atoms with Crippen LogP contribution in [0.4, 0.5) is 0 Å². The Hall–Kier alpha value is -2.18. The van der Waals surface area contributed by atoms with Crippen LogP contribution in [-0.4, -0.2) is 65.2 Å². The highest BCUT2D eigenvalue weighted by Crippen LogP contribution is 2.40. The van der Waals surface area contributed by atoms with Crippen molar-refractivity contribution in [2.75, 3.05) is 26.2 Å². The van der Waals surface area contributed by atoms with Crippen LogP contribution in [0.2, 0.25) is 0 Å². The maximum Gasteiger partial charge on any atom is 0.310 e. The molecule has 1 aromatic rings. The lowest BCUT2D eigenvalue weighted by molar-refractivity contribution is -0.150. The summed E-state index contributed by atoms with van der Waals surface area (Å²) in [4.78, 5) is 28.7. The largest absolute Gasteiger partial charge is 0.481 e. The number of aliphatic carboxylic acids is 1. The molecular weight excluding hydrogens is 332 g/mol. The van der Waals surface area contributed by atoms with E-state index in [4.69, 9.17) is 4.74 Å². The minimum absolute atomic E-state index is 0.0794. The van der Waals surface area contributed by atoms with Gasteiger partial charge in [0.05, 0.1) is 18.1 Å². The summed E-state index contributed by atoms with van der Waals surface area (Å²) in [5, 5.41) is 9.49. The van der Waals surface area contributed by atoms with Crippen LogP contribution < -0.4 is 0 Å². The van der Waals surface area contributed by atoms with Gasteiger partial charge in [0.2, 0.25) is 5.91 Å². The van der Waals surface area contributed by atoms with E-state index in [9.17, 15) is 14.7 Å². The molecule has 0 aromatic heterocycles. The lowest BCUT2D eigenvalue weighted by Gasteiger charge is -2.37. The normalized spacial score (nSPS) is 30.7.